The fourth-order valence-corrected chi connectivity index (χ4v) is 3.24. The molecular formula is C15H19FN2O4S. The fraction of sp³-hybridized carbons (Fsp3) is 0.467. The smallest absolute Gasteiger partial charge is 0.319 e. The molecule has 1 aliphatic rings. The normalized spacial score (nSPS) is 22.2. The van der Waals surface area contributed by atoms with Gasteiger partial charge in [0.05, 0.1) is 21.6 Å². The number of carbonyl (C=O) groups excluding carboxylic acids is 1. The minimum Gasteiger partial charge on any atom is -0.481 e. The Balaban J connectivity index is 1.87. The second-order valence-corrected chi connectivity index (χ2v) is 6.93. The first-order valence-electron chi connectivity index (χ1n) is 7.30. The zero-order chi connectivity index (χ0) is 17.0. The molecule has 1 aromatic rings. The number of anilines is 1. The van der Waals surface area contributed by atoms with Gasteiger partial charge in [0.25, 0.3) is 0 Å². The fourth-order valence-electron chi connectivity index (χ4n) is 2.65. The number of halogens is 1. The summed E-state index contributed by atoms with van der Waals surface area (Å²) in [6.07, 6.45) is 3.66. The second kappa shape index (κ2) is 7.54. The first-order valence-corrected chi connectivity index (χ1v) is 8.86. The molecule has 1 atom stereocenters. The van der Waals surface area contributed by atoms with Gasteiger partial charge < -0.3 is 15.7 Å². The number of aliphatic carboxylic acids is 1. The lowest BCUT2D eigenvalue weighted by molar-refractivity contribution is -0.142. The van der Waals surface area contributed by atoms with Crippen LogP contribution in [-0.2, 0) is 15.6 Å². The molecule has 1 unspecified atom stereocenters. The monoisotopic (exact) mass is 342 g/mol. The standard InChI is InChI=1S/C15H19FN2O4S/c1-23(22)13-7-6-11(8-12(13)16)18-15(21)17-10-4-2-9(3-5-10)14(19)20/h6-10H,2-5H2,1H3,(H,19,20)(H2,17,18,21). The third kappa shape index (κ3) is 4.75. The van der Waals surface area contributed by atoms with Crippen molar-refractivity contribution in [3.05, 3.63) is 24.0 Å². The molecule has 1 aromatic carbocycles. The van der Waals surface area contributed by atoms with Crippen molar-refractivity contribution < 1.29 is 23.3 Å². The van der Waals surface area contributed by atoms with Gasteiger partial charge in [0.1, 0.15) is 5.82 Å². The lowest BCUT2D eigenvalue weighted by Gasteiger charge is -2.26. The van der Waals surface area contributed by atoms with Crippen LogP contribution in [0.1, 0.15) is 25.7 Å². The number of rotatable bonds is 4. The van der Waals surface area contributed by atoms with Crippen LogP contribution in [0.4, 0.5) is 14.9 Å². The van der Waals surface area contributed by atoms with Gasteiger partial charge in [-0.15, -0.1) is 0 Å². The zero-order valence-electron chi connectivity index (χ0n) is 12.7. The van der Waals surface area contributed by atoms with E-state index in [1.165, 1.54) is 18.4 Å². The summed E-state index contributed by atoms with van der Waals surface area (Å²) in [6.45, 7) is 0. The van der Waals surface area contributed by atoms with Gasteiger partial charge in [0.2, 0.25) is 0 Å². The molecule has 2 amide bonds. The summed E-state index contributed by atoms with van der Waals surface area (Å²) in [5, 5.41) is 14.2. The van der Waals surface area contributed by atoms with Crippen LogP contribution in [0.5, 0.6) is 0 Å². The molecule has 23 heavy (non-hydrogen) atoms. The third-order valence-corrected chi connectivity index (χ3v) is 4.86. The highest BCUT2D eigenvalue weighted by atomic mass is 32.2. The molecule has 0 aromatic heterocycles. The highest BCUT2D eigenvalue weighted by Crippen LogP contribution is 2.24. The first kappa shape index (κ1) is 17.4. The molecule has 2 rings (SSSR count). The van der Waals surface area contributed by atoms with Crippen LogP contribution in [0.3, 0.4) is 0 Å². The Morgan fingerprint density at radius 3 is 2.43 bits per heavy atom. The van der Waals surface area contributed by atoms with Crippen molar-refractivity contribution in [1.82, 2.24) is 5.32 Å². The molecule has 126 valence electrons. The molecule has 6 nitrogen and oxygen atoms in total. The molecular weight excluding hydrogens is 323 g/mol. The van der Waals surface area contributed by atoms with Gasteiger partial charge >= 0.3 is 12.0 Å². The summed E-state index contributed by atoms with van der Waals surface area (Å²) < 4.78 is 25.0. The van der Waals surface area contributed by atoms with Crippen molar-refractivity contribution in [2.75, 3.05) is 11.6 Å². The van der Waals surface area contributed by atoms with E-state index in [1.54, 1.807) is 0 Å². The number of hydrogen-bond acceptors (Lipinski definition) is 3. The van der Waals surface area contributed by atoms with E-state index in [0.29, 0.717) is 25.7 Å². The van der Waals surface area contributed by atoms with Crippen LogP contribution in [0.15, 0.2) is 23.1 Å². The molecule has 0 bridgehead atoms. The van der Waals surface area contributed by atoms with Crippen molar-refractivity contribution in [2.45, 2.75) is 36.6 Å². The van der Waals surface area contributed by atoms with Crippen LogP contribution in [0.25, 0.3) is 0 Å². The van der Waals surface area contributed by atoms with Gasteiger partial charge in [-0.2, -0.15) is 0 Å². The van der Waals surface area contributed by atoms with E-state index in [0.717, 1.165) is 6.07 Å². The van der Waals surface area contributed by atoms with Crippen LogP contribution >= 0.6 is 0 Å². The Morgan fingerprint density at radius 2 is 1.91 bits per heavy atom. The van der Waals surface area contributed by atoms with E-state index in [4.69, 9.17) is 5.11 Å². The molecule has 0 heterocycles. The number of benzene rings is 1. The highest BCUT2D eigenvalue weighted by Gasteiger charge is 2.26. The number of nitrogens with one attached hydrogen (secondary N) is 2. The van der Waals surface area contributed by atoms with Gasteiger partial charge in [-0.3, -0.25) is 9.00 Å². The quantitative estimate of drug-likeness (QED) is 0.782. The summed E-state index contributed by atoms with van der Waals surface area (Å²) in [4.78, 5) is 22.9. The first-order chi connectivity index (χ1) is 10.9. The van der Waals surface area contributed by atoms with Crippen molar-refractivity contribution in [1.29, 1.82) is 0 Å². The number of amides is 2. The number of hydrogen-bond donors (Lipinski definition) is 3. The van der Waals surface area contributed by atoms with Gasteiger partial charge in [-0.25, -0.2) is 9.18 Å². The van der Waals surface area contributed by atoms with Crippen molar-refractivity contribution >= 4 is 28.5 Å². The number of carboxylic acid groups (broad SMARTS) is 1. The van der Waals surface area contributed by atoms with Crippen molar-refractivity contribution in [3.8, 4) is 0 Å². The molecule has 3 N–H and O–H groups in total. The molecule has 0 aliphatic heterocycles. The number of carboxylic acids is 1. The Labute approximate surface area is 135 Å². The van der Waals surface area contributed by atoms with E-state index in [9.17, 15) is 18.2 Å². The average molecular weight is 342 g/mol. The Kier molecular flexibility index (Phi) is 5.70. The van der Waals surface area contributed by atoms with Gasteiger partial charge in [-0.1, -0.05) is 0 Å². The second-order valence-electron chi connectivity index (χ2n) is 5.58. The predicted octanol–water partition coefficient (Wildman–Crippen LogP) is 2.33. The molecule has 0 spiro atoms. The topological polar surface area (TPSA) is 95.5 Å². The van der Waals surface area contributed by atoms with Crippen molar-refractivity contribution in [3.63, 3.8) is 0 Å². The molecule has 1 saturated carbocycles. The minimum atomic E-state index is -1.43. The van der Waals surface area contributed by atoms with Crippen LogP contribution in [0, 0.1) is 11.7 Å². The zero-order valence-corrected chi connectivity index (χ0v) is 13.5. The Morgan fingerprint density at radius 1 is 1.26 bits per heavy atom. The maximum Gasteiger partial charge on any atom is 0.319 e. The largest absolute Gasteiger partial charge is 0.481 e. The third-order valence-electron chi connectivity index (χ3n) is 3.91. The maximum absolute atomic E-state index is 13.7. The lowest BCUT2D eigenvalue weighted by Crippen LogP contribution is -2.41. The van der Waals surface area contributed by atoms with E-state index >= 15 is 0 Å². The van der Waals surface area contributed by atoms with Crippen LogP contribution in [0.2, 0.25) is 0 Å². The SMILES string of the molecule is CS(=O)c1ccc(NC(=O)NC2CCC(C(=O)O)CC2)cc1F. The van der Waals surface area contributed by atoms with E-state index in [1.807, 2.05) is 0 Å². The maximum atomic E-state index is 13.7. The summed E-state index contributed by atoms with van der Waals surface area (Å²) >= 11 is 0. The summed E-state index contributed by atoms with van der Waals surface area (Å²) in [5.74, 6) is -1.77. The summed E-state index contributed by atoms with van der Waals surface area (Å²) in [7, 11) is -1.43. The van der Waals surface area contributed by atoms with Gasteiger partial charge in [-0.05, 0) is 43.9 Å². The predicted molar refractivity (Wildman–Crippen MR) is 84.3 cm³/mol. The van der Waals surface area contributed by atoms with E-state index < -0.39 is 28.6 Å². The van der Waals surface area contributed by atoms with Crippen molar-refractivity contribution in [2.24, 2.45) is 5.92 Å². The van der Waals surface area contributed by atoms with Gasteiger partial charge in [0, 0.05) is 18.0 Å². The van der Waals surface area contributed by atoms with Crippen LogP contribution < -0.4 is 10.6 Å². The summed E-state index contributed by atoms with van der Waals surface area (Å²) in [6, 6.07) is 3.43. The van der Waals surface area contributed by atoms with Crippen LogP contribution in [-0.4, -0.2) is 33.6 Å². The Hall–Kier alpha value is -1.96. The highest BCUT2D eigenvalue weighted by molar-refractivity contribution is 7.84. The molecule has 1 fully saturated rings. The Bertz CT molecular complexity index is 630. The summed E-state index contributed by atoms with van der Waals surface area (Å²) in [5.41, 5.74) is 0.272. The van der Waals surface area contributed by atoms with E-state index in [-0.39, 0.29) is 22.5 Å². The minimum absolute atomic E-state index is 0.0853. The number of carbonyl (C=O) groups is 2. The molecule has 0 saturated heterocycles. The molecule has 8 heteroatoms. The number of urea groups is 1. The average Bonchev–Trinajstić information content (AvgIpc) is 2.47. The molecule has 1 aliphatic carbocycles. The lowest BCUT2D eigenvalue weighted by atomic mass is 9.86. The molecule has 0 radical (unpaired) electrons. The van der Waals surface area contributed by atoms with E-state index in [2.05, 4.69) is 10.6 Å². The van der Waals surface area contributed by atoms with Gasteiger partial charge in [0.15, 0.2) is 0 Å².